The monoisotopic (exact) mass is 139 g/mol. The first-order valence-electron chi connectivity index (χ1n) is 3.66. The molecule has 0 aliphatic carbocycles. The largest absolute Gasteiger partial charge is 0.0773 e. The molecule has 1 aliphatic heterocycles. The van der Waals surface area contributed by atoms with Crippen molar-refractivity contribution < 1.29 is 0 Å². The summed E-state index contributed by atoms with van der Waals surface area (Å²) >= 11 is 0. The van der Waals surface area contributed by atoms with Gasteiger partial charge in [0, 0.05) is 8.80 Å². The summed E-state index contributed by atoms with van der Waals surface area (Å²) in [7, 11) is 0.0679. The number of hydrogen-bond acceptors (Lipinski definition) is 0. The second-order valence-corrected chi connectivity index (χ2v) is 5.96. The van der Waals surface area contributed by atoms with Gasteiger partial charge in [-0.3, -0.25) is 0 Å². The molecule has 0 fully saturated rings. The molecule has 0 saturated carbocycles. The summed E-state index contributed by atoms with van der Waals surface area (Å²) < 4.78 is 0. The topological polar surface area (TPSA) is 0 Å². The Hall–Kier alpha value is -0.0431. The molecule has 51 valence electrons. The van der Waals surface area contributed by atoms with Crippen LogP contribution in [0.15, 0.2) is 11.1 Å². The predicted octanol–water partition coefficient (Wildman–Crippen LogP) is 2.85. The summed E-state index contributed by atoms with van der Waals surface area (Å²) in [5.74, 6) is 0. The van der Waals surface area contributed by atoms with Crippen molar-refractivity contribution in [2.45, 2.75) is 38.9 Å². The van der Waals surface area contributed by atoms with Crippen LogP contribution >= 0.6 is 0 Å². The fraction of sp³-hybridized carbons (Fsp3) is 0.750. The molecule has 0 aromatic rings. The van der Waals surface area contributed by atoms with E-state index >= 15 is 0 Å². The minimum absolute atomic E-state index is 0.0679. The van der Waals surface area contributed by atoms with Crippen molar-refractivity contribution in [2.24, 2.45) is 0 Å². The van der Waals surface area contributed by atoms with E-state index in [1.54, 1.807) is 11.1 Å². The fourth-order valence-electron chi connectivity index (χ4n) is 1.31. The van der Waals surface area contributed by atoms with Crippen LogP contribution in [0.25, 0.3) is 0 Å². The zero-order chi connectivity index (χ0) is 6.85. The third kappa shape index (κ3) is 1.68. The van der Waals surface area contributed by atoms with Gasteiger partial charge in [-0.2, -0.15) is 0 Å². The van der Waals surface area contributed by atoms with Crippen LogP contribution < -0.4 is 0 Å². The molecule has 1 heterocycles. The molecule has 0 saturated heterocycles. The highest BCUT2D eigenvalue weighted by atomic mass is 28.3. The Morgan fingerprint density at radius 1 is 1.22 bits per heavy atom. The Bertz CT molecular complexity index is 136. The summed E-state index contributed by atoms with van der Waals surface area (Å²) in [6.07, 6.45) is 1.39. The molecule has 0 atom stereocenters. The second-order valence-electron chi connectivity index (χ2n) is 3.19. The summed E-state index contributed by atoms with van der Waals surface area (Å²) in [6.45, 7) is 7.02. The maximum atomic E-state index is 2.45. The van der Waals surface area contributed by atoms with E-state index in [1.807, 2.05) is 0 Å². The standard InChI is InChI=1S/C8H15Si/c1-7-4-5-9(3)6-8(7)2/h4-6H2,1-3H3. The smallest absolute Gasteiger partial charge is 0.0491 e. The first kappa shape index (κ1) is 7.07. The summed E-state index contributed by atoms with van der Waals surface area (Å²) in [6, 6.07) is 2.95. The van der Waals surface area contributed by atoms with Gasteiger partial charge in [-0.1, -0.05) is 23.7 Å². The van der Waals surface area contributed by atoms with Crippen LogP contribution in [0, 0.1) is 0 Å². The second kappa shape index (κ2) is 2.69. The molecule has 0 amide bonds. The molecule has 0 aromatic carbocycles. The molecule has 1 radical (unpaired) electrons. The zero-order valence-electron chi connectivity index (χ0n) is 6.62. The van der Waals surface area contributed by atoms with Gasteiger partial charge < -0.3 is 0 Å². The van der Waals surface area contributed by atoms with Crippen molar-refractivity contribution in [1.82, 2.24) is 0 Å². The Morgan fingerprint density at radius 2 is 1.89 bits per heavy atom. The van der Waals surface area contributed by atoms with E-state index in [-0.39, 0.29) is 8.80 Å². The van der Waals surface area contributed by atoms with E-state index in [4.69, 9.17) is 0 Å². The lowest BCUT2D eigenvalue weighted by atomic mass is 10.1. The molecular formula is C8H15Si. The van der Waals surface area contributed by atoms with Gasteiger partial charge in [0.15, 0.2) is 0 Å². The Morgan fingerprint density at radius 3 is 2.33 bits per heavy atom. The molecule has 1 heteroatoms. The summed E-state index contributed by atoms with van der Waals surface area (Å²) in [5.41, 5.74) is 3.34. The van der Waals surface area contributed by atoms with Gasteiger partial charge in [0.2, 0.25) is 0 Å². The van der Waals surface area contributed by atoms with Gasteiger partial charge in [-0.05, 0) is 26.3 Å². The molecule has 0 bridgehead atoms. The third-order valence-electron chi connectivity index (χ3n) is 2.22. The van der Waals surface area contributed by atoms with Crippen molar-refractivity contribution in [2.75, 3.05) is 0 Å². The molecule has 0 aromatic heterocycles. The first-order chi connectivity index (χ1) is 4.20. The van der Waals surface area contributed by atoms with Crippen LogP contribution in [0.2, 0.25) is 18.6 Å². The minimum atomic E-state index is 0.0679. The molecular weight excluding hydrogens is 124 g/mol. The number of rotatable bonds is 0. The lowest BCUT2D eigenvalue weighted by Gasteiger charge is -2.18. The van der Waals surface area contributed by atoms with Crippen LogP contribution in [-0.2, 0) is 0 Å². The lowest BCUT2D eigenvalue weighted by Crippen LogP contribution is -2.12. The number of allylic oxidation sites excluding steroid dienone is 2. The molecule has 1 aliphatic rings. The SMILES string of the molecule is CC1=C(C)C[Si](C)CC1. The van der Waals surface area contributed by atoms with Crippen molar-refractivity contribution in [3.8, 4) is 0 Å². The Labute approximate surface area is 59.6 Å². The number of hydrogen-bond donors (Lipinski definition) is 0. The van der Waals surface area contributed by atoms with Crippen LogP contribution in [0.3, 0.4) is 0 Å². The molecule has 0 N–H and O–H groups in total. The van der Waals surface area contributed by atoms with Crippen LogP contribution in [0.1, 0.15) is 20.3 Å². The Kier molecular flexibility index (Phi) is 2.12. The first-order valence-corrected chi connectivity index (χ1v) is 6.08. The molecule has 1 rings (SSSR count). The predicted molar refractivity (Wildman–Crippen MR) is 44.2 cm³/mol. The maximum absolute atomic E-state index is 2.45. The van der Waals surface area contributed by atoms with E-state index in [9.17, 15) is 0 Å². The molecule has 0 spiro atoms. The average Bonchev–Trinajstić information content (AvgIpc) is 1.80. The van der Waals surface area contributed by atoms with Gasteiger partial charge >= 0.3 is 0 Å². The van der Waals surface area contributed by atoms with Crippen molar-refractivity contribution in [3.05, 3.63) is 11.1 Å². The highest BCUT2D eigenvalue weighted by molar-refractivity contribution is 6.58. The van der Waals surface area contributed by atoms with E-state index in [2.05, 4.69) is 20.4 Å². The van der Waals surface area contributed by atoms with E-state index in [0.717, 1.165) is 0 Å². The minimum Gasteiger partial charge on any atom is -0.0773 e. The highest BCUT2D eigenvalue weighted by Gasteiger charge is 2.12. The molecule has 9 heavy (non-hydrogen) atoms. The molecule has 0 nitrogen and oxygen atoms in total. The fourth-order valence-corrected chi connectivity index (χ4v) is 3.49. The average molecular weight is 139 g/mol. The third-order valence-corrected chi connectivity index (χ3v) is 4.46. The summed E-state index contributed by atoms with van der Waals surface area (Å²) in [4.78, 5) is 0. The van der Waals surface area contributed by atoms with E-state index < -0.39 is 0 Å². The normalized spacial score (nSPS) is 23.0. The zero-order valence-corrected chi connectivity index (χ0v) is 7.62. The lowest BCUT2D eigenvalue weighted by molar-refractivity contribution is 0.991. The maximum Gasteiger partial charge on any atom is 0.0491 e. The van der Waals surface area contributed by atoms with E-state index in [1.165, 1.54) is 18.5 Å². The molecule has 0 unspecified atom stereocenters. The Balaban J connectivity index is 2.61. The summed E-state index contributed by atoms with van der Waals surface area (Å²) in [5, 5.41) is 0. The van der Waals surface area contributed by atoms with Crippen LogP contribution in [0.5, 0.6) is 0 Å². The van der Waals surface area contributed by atoms with Crippen molar-refractivity contribution >= 4 is 8.80 Å². The van der Waals surface area contributed by atoms with Gasteiger partial charge in [0.1, 0.15) is 0 Å². The quantitative estimate of drug-likeness (QED) is 0.357. The van der Waals surface area contributed by atoms with Gasteiger partial charge in [-0.15, -0.1) is 0 Å². The van der Waals surface area contributed by atoms with E-state index in [0.29, 0.717) is 0 Å². The highest BCUT2D eigenvalue weighted by Crippen LogP contribution is 2.24. The van der Waals surface area contributed by atoms with Crippen molar-refractivity contribution in [1.29, 1.82) is 0 Å². The van der Waals surface area contributed by atoms with Crippen LogP contribution in [-0.4, -0.2) is 8.80 Å². The van der Waals surface area contributed by atoms with Crippen molar-refractivity contribution in [3.63, 3.8) is 0 Å². The van der Waals surface area contributed by atoms with Crippen LogP contribution in [0.4, 0.5) is 0 Å². The van der Waals surface area contributed by atoms with Gasteiger partial charge in [0.25, 0.3) is 0 Å². The van der Waals surface area contributed by atoms with Gasteiger partial charge in [-0.25, -0.2) is 0 Å². The van der Waals surface area contributed by atoms with Gasteiger partial charge in [0.05, 0.1) is 0 Å².